The van der Waals surface area contributed by atoms with Gasteiger partial charge in [-0.25, -0.2) is 9.78 Å². The molecule has 3 N–H and O–H groups in total. The number of nitrogens with one attached hydrogen (secondary N) is 1. The van der Waals surface area contributed by atoms with E-state index in [4.69, 9.17) is 15.2 Å². The molecule has 0 fully saturated rings. The minimum atomic E-state index is -0.392. The molecule has 0 radical (unpaired) electrons. The highest BCUT2D eigenvalue weighted by molar-refractivity contribution is 5.91. The van der Waals surface area contributed by atoms with Crippen LogP contribution in [0.15, 0.2) is 73.1 Å². The van der Waals surface area contributed by atoms with Gasteiger partial charge in [-0.3, -0.25) is 0 Å². The Bertz CT molecular complexity index is 1200. The summed E-state index contributed by atoms with van der Waals surface area (Å²) in [5.41, 5.74) is 7.59. The molecule has 4 aromatic rings. The number of nitrogens with zero attached hydrogens (tertiary/aromatic N) is 2. The fourth-order valence-electron chi connectivity index (χ4n) is 3.02. The number of esters is 1. The number of carbonyl (C=O) groups is 1. The van der Waals surface area contributed by atoms with E-state index < -0.39 is 5.97 Å². The molecule has 0 saturated carbocycles. The highest BCUT2D eigenvalue weighted by Gasteiger charge is 2.13. The number of anilines is 3. The fraction of sp³-hybridized carbons (Fsp3) is 0.0870. The molecule has 1 aromatic heterocycles. The fourth-order valence-corrected chi connectivity index (χ4v) is 3.02. The SMILES string of the molecule is CCOC(=O)c1cccc(Nc2ncnc(Oc3cccc4ccccc34)c2N)c1. The normalized spacial score (nSPS) is 10.6. The first kappa shape index (κ1) is 19.2. The van der Waals surface area contributed by atoms with Crippen LogP contribution in [0.1, 0.15) is 17.3 Å². The molecule has 0 saturated heterocycles. The van der Waals surface area contributed by atoms with Crippen molar-refractivity contribution in [1.82, 2.24) is 9.97 Å². The van der Waals surface area contributed by atoms with Crippen molar-refractivity contribution in [2.24, 2.45) is 0 Å². The molecule has 4 rings (SSSR count). The van der Waals surface area contributed by atoms with Crippen LogP contribution < -0.4 is 15.8 Å². The monoisotopic (exact) mass is 400 g/mol. The molecule has 0 spiro atoms. The van der Waals surface area contributed by atoms with Crippen LogP contribution in [0.25, 0.3) is 10.8 Å². The minimum Gasteiger partial charge on any atom is -0.462 e. The Labute approximate surface area is 173 Å². The lowest BCUT2D eigenvalue weighted by atomic mass is 10.1. The largest absolute Gasteiger partial charge is 0.462 e. The summed E-state index contributed by atoms with van der Waals surface area (Å²) in [5.74, 6) is 0.872. The minimum absolute atomic E-state index is 0.241. The molecule has 1 heterocycles. The maximum Gasteiger partial charge on any atom is 0.338 e. The van der Waals surface area contributed by atoms with Crippen LogP contribution in [-0.4, -0.2) is 22.5 Å². The second-order valence-electron chi connectivity index (χ2n) is 6.45. The standard InChI is InChI=1S/C23H20N4O3/c1-2-29-23(28)16-9-5-10-17(13-16)27-21-20(24)22(26-14-25-21)30-19-12-6-8-15-7-3-4-11-18(15)19/h3-14H,2,24H2,1H3,(H,25,26,27). The summed E-state index contributed by atoms with van der Waals surface area (Å²) in [6.45, 7) is 2.07. The molecular formula is C23H20N4O3. The van der Waals surface area contributed by atoms with E-state index in [0.29, 0.717) is 29.4 Å². The van der Waals surface area contributed by atoms with Crippen molar-refractivity contribution < 1.29 is 14.3 Å². The summed E-state index contributed by atoms with van der Waals surface area (Å²) in [6.07, 6.45) is 1.37. The van der Waals surface area contributed by atoms with Gasteiger partial charge in [0.15, 0.2) is 5.82 Å². The first-order valence-corrected chi connectivity index (χ1v) is 9.46. The Kier molecular flexibility index (Phi) is 5.43. The van der Waals surface area contributed by atoms with Crippen molar-refractivity contribution in [2.45, 2.75) is 6.92 Å². The zero-order valence-electron chi connectivity index (χ0n) is 16.3. The smallest absolute Gasteiger partial charge is 0.338 e. The Hall–Kier alpha value is -4.13. The van der Waals surface area contributed by atoms with Crippen LogP contribution in [0.2, 0.25) is 0 Å². The van der Waals surface area contributed by atoms with Gasteiger partial charge < -0.3 is 20.5 Å². The van der Waals surface area contributed by atoms with Crippen molar-refractivity contribution in [2.75, 3.05) is 17.7 Å². The first-order valence-electron chi connectivity index (χ1n) is 9.46. The number of aromatic nitrogens is 2. The van der Waals surface area contributed by atoms with E-state index in [9.17, 15) is 4.79 Å². The van der Waals surface area contributed by atoms with E-state index in [0.717, 1.165) is 10.8 Å². The Balaban J connectivity index is 1.61. The van der Waals surface area contributed by atoms with Crippen LogP contribution in [0.4, 0.5) is 17.2 Å². The number of benzene rings is 3. The van der Waals surface area contributed by atoms with Crippen molar-refractivity contribution >= 4 is 33.9 Å². The third-order valence-corrected chi connectivity index (χ3v) is 4.44. The van der Waals surface area contributed by atoms with Gasteiger partial charge in [-0.1, -0.05) is 42.5 Å². The molecular weight excluding hydrogens is 380 g/mol. The molecule has 0 bridgehead atoms. The maximum atomic E-state index is 12.0. The van der Waals surface area contributed by atoms with E-state index in [1.165, 1.54) is 6.33 Å². The number of ether oxygens (including phenoxy) is 2. The topological polar surface area (TPSA) is 99.4 Å². The third-order valence-electron chi connectivity index (χ3n) is 4.44. The Morgan fingerprint density at radius 3 is 2.70 bits per heavy atom. The summed E-state index contributed by atoms with van der Waals surface area (Å²) < 4.78 is 11.0. The lowest BCUT2D eigenvalue weighted by Gasteiger charge is -2.13. The molecule has 0 aliphatic rings. The molecule has 150 valence electrons. The number of nitrogens with two attached hydrogens (primary N) is 1. The number of hydrogen-bond acceptors (Lipinski definition) is 7. The lowest BCUT2D eigenvalue weighted by Crippen LogP contribution is -2.06. The molecule has 0 amide bonds. The second-order valence-corrected chi connectivity index (χ2v) is 6.45. The van der Waals surface area contributed by atoms with Gasteiger partial charge in [-0.2, -0.15) is 4.98 Å². The summed E-state index contributed by atoms with van der Waals surface area (Å²) in [7, 11) is 0. The van der Waals surface area contributed by atoms with Crippen LogP contribution >= 0.6 is 0 Å². The van der Waals surface area contributed by atoms with Crippen molar-refractivity contribution in [3.05, 3.63) is 78.6 Å². The third kappa shape index (κ3) is 4.00. The number of rotatable bonds is 6. The van der Waals surface area contributed by atoms with Crippen molar-refractivity contribution in [3.8, 4) is 11.6 Å². The molecule has 7 nitrogen and oxygen atoms in total. The average Bonchev–Trinajstić information content (AvgIpc) is 2.77. The zero-order chi connectivity index (χ0) is 20.9. The molecule has 0 aliphatic heterocycles. The summed E-state index contributed by atoms with van der Waals surface area (Å²) in [5, 5.41) is 5.11. The number of carbonyl (C=O) groups excluding carboxylic acids is 1. The van der Waals surface area contributed by atoms with Crippen LogP contribution in [-0.2, 0) is 4.74 Å². The Morgan fingerprint density at radius 2 is 1.83 bits per heavy atom. The predicted octanol–water partition coefficient (Wildman–Crippen LogP) is 4.92. The van der Waals surface area contributed by atoms with Crippen LogP contribution in [0, 0.1) is 0 Å². The molecule has 3 aromatic carbocycles. The van der Waals surface area contributed by atoms with Gasteiger partial charge in [-0.15, -0.1) is 0 Å². The lowest BCUT2D eigenvalue weighted by molar-refractivity contribution is 0.0526. The highest BCUT2D eigenvalue weighted by Crippen LogP contribution is 2.34. The number of fused-ring (bicyclic) bond motifs is 1. The van der Waals surface area contributed by atoms with Gasteiger partial charge in [-0.05, 0) is 36.6 Å². The van der Waals surface area contributed by atoms with Gasteiger partial charge in [0.1, 0.15) is 17.8 Å². The summed E-state index contributed by atoms with van der Waals surface area (Å²) >= 11 is 0. The first-order chi connectivity index (χ1) is 14.7. The second kappa shape index (κ2) is 8.48. The Morgan fingerprint density at radius 1 is 1.03 bits per heavy atom. The van der Waals surface area contributed by atoms with Gasteiger partial charge in [0, 0.05) is 11.1 Å². The number of hydrogen-bond donors (Lipinski definition) is 2. The molecule has 0 atom stereocenters. The van der Waals surface area contributed by atoms with E-state index in [1.807, 2.05) is 42.5 Å². The van der Waals surface area contributed by atoms with Crippen molar-refractivity contribution in [1.29, 1.82) is 0 Å². The van der Waals surface area contributed by atoms with Gasteiger partial charge in [0.2, 0.25) is 5.88 Å². The quantitative estimate of drug-likeness (QED) is 0.443. The molecule has 0 unspecified atom stereocenters. The van der Waals surface area contributed by atoms with E-state index >= 15 is 0 Å². The highest BCUT2D eigenvalue weighted by atomic mass is 16.5. The van der Waals surface area contributed by atoms with E-state index in [2.05, 4.69) is 15.3 Å². The van der Waals surface area contributed by atoms with Gasteiger partial charge >= 0.3 is 5.97 Å². The van der Waals surface area contributed by atoms with E-state index in [-0.39, 0.29) is 11.6 Å². The molecule has 7 heteroatoms. The van der Waals surface area contributed by atoms with Crippen LogP contribution in [0.5, 0.6) is 11.6 Å². The molecule has 0 aliphatic carbocycles. The molecule has 30 heavy (non-hydrogen) atoms. The van der Waals surface area contributed by atoms with Gasteiger partial charge in [0.05, 0.1) is 12.2 Å². The van der Waals surface area contributed by atoms with E-state index in [1.54, 1.807) is 31.2 Å². The zero-order valence-corrected chi connectivity index (χ0v) is 16.3. The maximum absolute atomic E-state index is 12.0. The van der Waals surface area contributed by atoms with Crippen molar-refractivity contribution in [3.63, 3.8) is 0 Å². The van der Waals surface area contributed by atoms with Gasteiger partial charge in [0.25, 0.3) is 0 Å². The predicted molar refractivity (Wildman–Crippen MR) is 116 cm³/mol. The average molecular weight is 400 g/mol. The summed E-state index contributed by atoms with van der Waals surface area (Å²) in [4.78, 5) is 20.3. The van der Waals surface area contributed by atoms with Crippen LogP contribution in [0.3, 0.4) is 0 Å². The summed E-state index contributed by atoms with van der Waals surface area (Å²) in [6, 6.07) is 20.6. The number of nitrogen functional groups attached to an aromatic ring is 1.